The van der Waals surface area contributed by atoms with Crippen molar-refractivity contribution in [3.63, 3.8) is 0 Å². The summed E-state index contributed by atoms with van der Waals surface area (Å²) < 4.78 is 0. The van der Waals surface area contributed by atoms with E-state index < -0.39 is 5.97 Å². The first-order valence-electron chi connectivity index (χ1n) is 7.07. The molecule has 20 heavy (non-hydrogen) atoms. The molecule has 0 saturated heterocycles. The van der Waals surface area contributed by atoms with Crippen molar-refractivity contribution in [1.29, 1.82) is 0 Å². The van der Waals surface area contributed by atoms with Gasteiger partial charge in [0.1, 0.15) is 0 Å². The first kappa shape index (κ1) is 14.6. The van der Waals surface area contributed by atoms with Crippen LogP contribution in [0.15, 0.2) is 24.3 Å². The summed E-state index contributed by atoms with van der Waals surface area (Å²) in [6.45, 7) is 2.98. The molecule has 2 rings (SSSR count). The van der Waals surface area contributed by atoms with Crippen LogP contribution in [-0.2, 0) is 11.2 Å². The van der Waals surface area contributed by atoms with Crippen LogP contribution < -0.4 is 5.32 Å². The highest BCUT2D eigenvalue weighted by Crippen LogP contribution is 2.39. The van der Waals surface area contributed by atoms with Crippen molar-refractivity contribution < 1.29 is 14.7 Å². The van der Waals surface area contributed by atoms with Gasteiger partial charge >= 0.3 is 5.97 Å². The van der Waals surface area contributed by atoms with Crippen molar-refractivity contribution in [3.05, 3.63) is 35.4 Å². The number of aryl methyl sites for hydroxylation is 1. The number of aromatic carboxylic acids is 1. The van der Waals surface area contributed by atoms with Crippen LogP contribution in [0.25, 0.3) is 0 Å². The maximum atomic E-state index is 11.8. The molecule has 1 aromatic carbocycles. The van der Waals surface area contributed by atoms with E-state index in [1.54, 1.807) is 24.3 Å². The van der Waals surface area contributed by atoms with Gasteiger partial charge in [0.25, 0.3) is 0 Å². The number of amides is 1. The standard InChI is InChI=1S/C16H21NO3/c1-16(9-2-10-16)11-17-14(18)8-5-12-3-6-13(7-4-12)15(19)20/h3-4,6-7H,2,5,8-11H2,1H3,(H,17,18)(H,19,20). The van der Waals surface area contributed by atoms with Crippen molar-refractivity contribution >= 4 is 11.9 Å². The van der Waals surface area contributed by atoms with E-state index in [-0.39, 0.29) is 11.5 Å². The van der Waals surface area contributed by atoms with Crippen molar-refractivity contribution in [2.45, 2.75) is 39.0 Å². The lowest BCUT2D eigenvalue weighted by molar-refractivity contribution is -0.121. The molecule has 0 aromatic heterocycles. The maximum absolute atomic E-state index is 11.8. The molecule has 1 aromatic rings. The van der Waals surface area contributed by atoms with E-state index in [0.717, 1.165) is 12.1 Å². The zero-order valence-corrected chi connectivity index (χ0v) is 11.8. The molecule has 0 aliphatic heterocycles. The van der Waals surface area contributed by atoms with Crippen LogP contribution in [0.2, 0.25) is 0 Å². The molecule has 0 unspecified atom stereocenters. The van der Waals surface area contributed by atoms with Crippen LogP contribution >= 0.6 is 0 Å². The normalized spacial score (nSPS) is 16.2. The Bertz CT molecular complexity index is 489. The molecule has 1 fully saturated rings. The number of nitrogens with one attached hydrogen (secondary N) is 1. The maximum Gasteiger partial charge on any atom is 0.335 e. The van der Waals surface area contributed by atoms with Gasteiger partial charge in [0.2, 0.25) is 5.91 Å². The van der Waals surface area contributed by atoms with Crippen molar-refractivity contribution in [1.82, 2.24) is 5.32 Å². The highest BCUT2D eigenvalue weighted by molar-refractivity contribution is 5.87. The molecule has 1 amide bonds. The molecule has 108 valence electrons. The van der Waals surface area contributed by atoms with Crippen LogP contribution in [0.5, 0.6) is 0 Å². The van der Waals surface area contributed by atoms with E-state index in [1.165, 1.54) is 19.3 Å². The third-order valence-electron chi connectivity index (χ3n) is 4.11. The number of rotatable bonds is 6. The molecule has 4 heteroatoms. The Hall–Kier alpha value is -1.84. The van der Waals surface area contributed by atoms with Crippen molar-refractivity contribution in [2.24, 2.45) is 5.41 Å². The summed E-state index contributed by atoms with van der Waals surface area (Å²) in [7, 11) is 0. The van der Waals surface area contributed by atoms with E-state index in [1.807, 2.05) is 0 Å². The predicted octanol–water partition coefficient (Wildman–Crippen LogP) is 2.62. The van der Waals surface area contributed by atoms with Gasteiger partial charge in [-0.25, -0.2) is 4.79 Å². The lowest BCUT2D eigenvalue weighted by Crippen LogP contribution is -2.39. The van der Waals surface area contributed by atoms with Gasteiger partial charge in [0, 0.05) is 13.0 Å². The highest BCUT2D eigenvalue weighted by Gasteiger charge is 2.31. The summed E-state index contributed by atoms with van der Waals surface area (Å²) in [5.74, 6) is -0.858. The molecule has 1 aliphatic rings. The number of carboxylic acids is 1. The zero-order chi connectivity index (χ0) is 14.6. The third-order valence-corrected chi connectivity index (χ3v) is 4.11. The zero-order valence-electron chi connectivity index (χ0n) is 11.8. The smallest absolute Gasteiger partial charge is 0.335 e. The van der Waals surface area contributed by atoms with E-state index in [4.69, 9.17) is 5.11 Å². The largest absolute Gasteiger partial charge is 0.478 e. The Morgan fingerprint density at radius 2 is 1.90 bits per heavy atom. The van der Waals surface area contributed by atoms with Crippen LogP contribution in [0.3, 0.4) is 0 Å². The average molecular weight is 275 g/mol. The van der Waals surface area contributed by atoms with Gasteiger partial charge in [0.15, 0.2) is 0 Å². The van der Waals surface area contributed by atoms with Gasteiger partial charge in [-0.2, -0.15) is 0 Å². The number of carbonyl (C=O) groups is 2. The van der Waals surface area contributed by atoms with E-state index in [9.17, 15) is 9.59 Å². The Morgan fingerprint density at radius 1 is 1.25 bits per heavy atom. The SMILES string of the molecule is CC1(CNC(=O)CCc2ccc(C(=O)O)cc2)CCC1. The highest BCUT2D eigenvalue weighted by atomic mass is 16.4. The van der Waals surface area contributed by atoms with Gasteiger partial charge in [-0.15, -0.1) is 0 Å². The predicted molar refractivity (Wildman–Crippen MR) is 76.7 cm³/mol. The van der Waals surface area contributed by atoms with Gasteiger partial charge in [-0.05, 0) is 42.4 Å². The van der Waals surface area contributed by atoms with Gasteiger partial charge < -0.3 is 10.4 Å². The fourth-order valence-corrected chi connectivity index (χ4v) is 2.43. The Morgan fingerprint density at radius 3 is 2.40 bits per heavy atom. The molecule has 0 spiro atoms. The van der Waals surface area contributed by atoms with E-state index >= 15 is 0 Å². The van der Waals surface area contributed by atoms with Crippen LogP contribution in [0.4, 0.5) is 0 Å². The minimum atomic E-state index is -0.928. The topological polar surface area (TPSA) is 66.4 Å². The van der Waals surface area contributed by atoms with Gasteiger partial charge in [0.05, 0.1) is 5.56 Å². The molecule has 2 N–H and O–H groups in total. The molecule has 0 atom stereocenters. The van der Waals surface area contributed by atoms with Crippen LogP contribution in [0.1, 0.15) is 48.5 Å². The summed E-state index contributed by atoms with van der Waals surface area (Å²) >= 11 is 0. The van der Waals surface area contributed by atoms with E-state index in [0.29, 0.717) is 18.3 Å². The minimum absolute atomic E-state index is 0.0698. The average Bonchev–Trinajstić information content (AvgIpc) is 2.41. The molecule has 0 heterocycles. The summed E-state index contributed by atoms with van der Waals surface area (Å²) in [6.07, 6.45) is 4.75. The summed E-state index contributed by atoms with van der Waals surface area (Å²) in [6, 6.07) is 6.68. The number of benzene rings is 1. The summed E-state index contributed by atoms with van der Waals surface area (Å²) in [5, 5.41) is 11.8. The third kappa shape index (κ3) is 3.83. The summed E-state index contributed by atoms with van der Waals surface area (Å²) in [5.41, 5.74) is 1.56. The molecular formula is C16H21NO3. The first-order chi connectivity index (χ1) is 9.48. The van der Waals surface area contributed by atoms with Crippen LogP contribution in [0, 0.1) is 5.41 Å². The number of carbonyl (C=O) groups excluding carboxylic acids is 1. The molecule has 1 aliphatic carbocycles. The first-order valence-corrected chi connectivity index (χ1v) is 7.07. The second-order valence-electron chi connectivity index (χ2n) is 5.94. The minimum Gasteiger partial charge on any atom is -0.478 e. The lowest BCUT2D eigenvalue weighted by Gasteiger charge is -2.38. The lowest BCUT2D eigenvalue weighted by atomic mass is 9.70. The Kier molecular flexibility index (Phi) is 4.42. The van der Waals surface area contributed by atoms with E-state index in [2.05, 4.69) is 12.2 Å². The van der Waals surface area contributed by atoms with Gasteiger partial charge in [-0.3, -0.25) is 4.79 Å². The molecule has 0 bridgehead atoms. The molecular weight excluding hydrogens is 254 g/mol. The molecule has 4 nitrogen and oxygen atoms in total. The molecule has 1 saturated carbocycles. The monoisotopic (exact) mass is 275 g/mol. The number of carboxylic acid groups (broad SMARTS) is 1. The van der Waals surface area contributed by atoms with Crippen molar-refractivity contribution in [2.75, 3.05) is 6.54 Å². The second-order valence-corrected chi connectivity index (χ2v) is 5.94. The Balaban J connectivity index is 1.73. The van der Waals surface area contributed by atoms with Gasteiger partial charge in [-0.1, -0.05) is 25.5 Å². The molecule has 0 radical (unpaired) electrons. The number of hydrogen-bond acceptors (Lipinski definition) is 2. The number of hydrogen-bond donors (Lipinski definition) is 2. The fraction of sp³-hybridized carbons (Fsp3) is 0.500. The quantitative estimate of drug-likeness (QED) is 0.838. The summed E-state index contributed by atoms with van der Waals surface area (Å²) in [4.78, 5) is 22.5. The van der Waals surface area contributed by atoms with Crippen molar-refractivity contribution in [3.8, 4) is 0 Å². The second kappa shape index (κ2) is 6.07. The Labute approximate surface area is 119 Å². The van der Waals surface area contributed by atoms with Crippen LogP contribution in [-0.4, -0.2) is 23.5 Å². The fourth-order valence-electron chi connectivity index (χ4n) is 2.43.